The van der Waals surface area contributed by atoms with Gasteiger partial charge in [0.05, 0.1) is 6.61 Å². The number of carbonyl (C=O) groups is 1. The van der Waals surface area contributed by atoms with Gasteiger partial charge in [0, 0.05) is 26.1 Å². The van der Waals surface area contributed by atoms with E-state index in [1.165, 1.54) is 0 Å². The molecule has 1 fully saturated rings. The quantitative estimate of drug-likeness (QED) is 0.847. The van der Waals surface area contributed by atoms with Crippen LogP contribution in [0.3, 0.4) is 0 Å². The lowest BCUT2D eigenvalue weighted by molar-refractivity contribution is -0.122. The summed E-state index contributed by atoms with van der Waals surface area (Å²) in [5.41, 5.74) is 8.23. The molecule has 1 aliphatic rings. The number of rotatable bonds is 6. The smallest absolute Gasteiger partial charge is 0.220 e. The molecule has 0 radical (unpaired) electrons. The molecule has 5 heteroatoms. The number of benzene rings is 1. The van der Waals surface area contributed by atoms with Gasteiger partial charge >= 0.3 is 0 Å². The molecule has 1 aliphatic carbocycles. The minimum absolute atomic E-state index is 0. The Labute approximate surface area is 132 Å². The third-order valence-corrected chi connectivity index (χ3v) is 3.99. The lowest BCUT2D eigenvalue weighted by atomic mass is 10.00. The SMILES string of the molecule is COCc1ccc(CNC(=O)C[C@@H]2CCC[C@H]2N)cc1.Cl. The topological polar surface area (TPSA) is 64.3 Å². The molecular weight excluding hydrogens is 288 g/mol. The number of ether oxygens (including phenoxy) is 1. The van der Waals surface area contributed by atoms with Gasteiger partial charge in [-0.05, 0) is 29.9 Å². The average molecular weight is 313 g/mol. The van der Waals surface area contributed by atoms with Gasteiger partial charge in [-0.2, -0.15) is 0 Å². The van der Waals surface area contributed by atoms with Crippen molar-refractivity contribution in [3.63, 3.8) is 0 Å². The standard InChI is InChI=1S/C16H24N2O2.ClH/c1-20-11-13-7-5-12(6-8-13)10-18-16(19)9-14-3-2-4-15(14)17;/h5-8,14-15H,2-4,9-11,17H2,1H3,(H,18,19);1H/t14-,15+;/m0./s1. The molecule has 0 heterocycles. The lowest BCUT2D eigenvalue weighted by Gasteiger charge is -2.14. The largest absolute Gasteiger partial charge is 0.380 e. The normalized spacial score (nSPS) is 20.9. The van der Waals surface area contributed by atoms with Gasteiger partial charge < -0.3 is 15.8 Å². The molecule has 118 valence electrons. The Hall–Kier alpha value is -1.10. The van der Waals surface area contributed by atoms with Crippen molar-refractivity contribution in [2.75, 3.05) is 7.11 Å². The number of methoxy groups -OCH3 is 1. The summed E-state index contributed by atoms with van der Waals surface area (Å²) in [5, 5.41) is 2.97. The summed E-state index contributed by atoms with van der Waals surface area (Å²) in [6.45, 7) is 1.19. The number of carbonyl (C=O) groups excluding carboxylic acids is 1. The zero-order chi connectivity index (χ0) is 14.4. The van der Waals surface area contributed by atoms with Crippen LogP contribution in [0.5, 0.6) is 0 Å². The van der Waals surface area contributed by atoms with Crippen LogP contribution in [-0.2, 0) is 22.7 Å². The van der Waals surface area contributed by atoms with Crippen LogP contribution < -0.4 is 11.1 Å². The molecule has 0 bridgehead atoms. The molecule has 0 saturated heterocycles. The second kappa shape index (κ2) is 9.03. The Balaban J connectivity index is 0.00000220. The van der Waals surface area contributed by atoms with Gasteiger partial charge in [-0.25, -0.2) is 0 Å². The molecule has 0 aliphatic heterocycles. The molecule has 1 aromatic rings. The van der Waals surface area contributed by atoms with Crippen LogP contribution in [0.4, 0.5) is 0 Å². The first-order chi connectivity index (χ1) is 9.69. The van der Waals surface area contributed by atoms with E-state index in [-0.39, 0.29) is 24.4 Å². The predicted octanol–water partition coefficient (Wildman–Crippen LogP) is 2.39. The zero-order valence-electron chi connectivity index (χ0n) is 12.5. The minimum Gasteiger partial charge on any atom is -0.380 e. The van der Waals surface area contributed by atoms with E-state index in [4.69, 9.17) is 10.5 Å². The molecule has 21 heavy (non-hydrogen) atoms. The van der Waals surface area contributed by atoms with Crippen LogP contribution in [0, 0.1) is 5.92 Å². The van der Waals surface area contributed by atoms with E-state index in [2.05, 4.69) is 5.32 Å². The molecule has 3 N–H and O–H groups in total. The molecule has 0 aromatic heterocycles. The number of halogens is 1. The fraction of sp³-hybridized carbons (Fsp3) is 0.562. The fourth-order valence-corrected chi connectivity index (χ4v) is 2.75. The van der Waals surface area contributed by atoms with Crippen LogP contribution in [0.15, 0.2) is 24.3 Å². The van der Waals surface area contributed by atoms with Crippen molar-refractivity contribution in [2.45, 2.75) is 44.9 Å². The summed E-state index contributed by atoms with van der Waals surface area (Å²) in [6.07, 6.45) is 3.85. The van der Waals surface area contributed by atoms with Crippen LogP contribution >= 0.6 is 12.4 Å². The van der Waals surface area contributed by atoms with E-state index in [1.54, 1.807) is 7.11 Å². The van der Waals surface area contributed by atoms with Crippen molar-refractivity contribution in [3.8, 4) is 0 Å². The Morgan fingerprint density at radius 2 is 1.95 bits per heavy atom. The maximum absolute atomic E-state index is 11.9. The summed E-state index contributed by atoms with van der Waals surface area (Å²) in [7, 11) is 1.68. The van der Waals surface area contributed by atoms with Crippen molar-refractivity contribution >= 4 is 18.3 Å². The first-order valence-corrected chi connectivity index (χ1v) is 7.28. The van der Waals surface area contributed by atoms with E-state index in [0.29, 0.717) is 25.5 Å². The predicted molar refractivity (Wildman–Crippen MR) is 86.2 cm³/mol. The highest BCUT2D eigenvalue weighted by Crippen LogP contribution is 2.26. The van der Waals surface area contributed by atoms with Crippen LogP contribution in [-0.4, -0.2) is 19.1 Å². The van der Waals surface area contributed by atoms with Crippen molar-refractivity contribution in [3.05, 3.63) is 35.4 Å². The Kier molecular flexibility index (Phi) is 7.72. The molecule has 1 amide bonds. The molecule has 1 aromatic carbocycles. The van der Waals surface area contributed by atoms with Crippen LogP contribution in [0.1, 0.15) is 36.8 Å². The fourth-order valence-electron chi connectivity index (χ4n) is 2.75. The molecule has 2 atom stereocenters. The number of nitrogens with one attached hydrogen (secondary N) is 1. The molecular formula is C16H25ClN2O2. The monoisotopic (exact) mass is 312 g/mol. The lowest BCUT2D eigenvalue weighted by Crippen LogP contribution is -2.31. The van der Waals surface area contributed by atoms with Crippen molar-refractivity contribution in [1.29, 1.82) is 0 Å². The van der Waals surface area contributed by atoms with E-state index < -0.39 is 0 Å². The summed E-state index contributed by atoms with van der Waals surface area (Å²) in [5.74, 6) is 0.465. The summed E-state index contributed by atoms with van der Waals surface area (Å²) < 4.78 is 5.07. The highest BCUT2D eigenvalue weighted by atomic mass is 35.5. The first-order valence-electron chi connectivity index (χ1n) is 7.28. The second-order valence-electron chi connectivity index (χ2n) is 5.59. The van der Waals surface area contributed by atoms with Gasteiger partial charge in [-0.3, -0.25) is 4.79 Å². The van der Waals surface area contributed by atoms with Gasteiger partial charge in [-0.15, -0.1) is 12.4 Å². The maximum Gasteiger partial charge on any atom is 0.220 e. The molecule has 0 unspecified atom stereocenters. The highest BCUT2D eigenvalue weighted by Gasteiger charge is 2.25. The van der Waals surface area contributed by atoms with Gasteiger partial charge in [0.1, 0.15) is 0 Å². The zero-order valence-corrected chi connectivity index (χ0v) is 13.3. The van der Waals surface area contributed by atoms with Gasteiger partial charge in [0.25, 0.3) is 0 Å². The first kappa shape index (κ1) is 18.0. The third kappa shape index (κ3) is 5.65. The van der Waals surface area contributed by atoms with E-state index >= 15 is 0 Å². The summed E-state index contributed by atoms with van der Waals surface area (Å²) in [6, 6.07) is 8.30. The van der Waals surface area contributed by atoms with Crippen molar-refractivity contribution < 1.29 is 9.53 Å². The summed E-state index contributed by atoms with van der Waals surface area (Å²) in [4.78, 5) is 11.9. The second-order valence-corrected chi connectivity index (χ2v) is 5.59. The third-order valence-electron chi connectivity index (χ3n) is 3.99. The van der Waals surface area contributed by atoms with E-state index in [9.17, 15) is 4.79 Å². The summed E-state index contributed by atoms with van der Waals surface area (Å²) >= 11 is 0. The molecule has 2 rings (SSSR count). The minimum atomic E-state index is 0. The average Bonchev–Trinajstić information content (AvgIpc) is 2.84. The number of amides is 1. The van der Waals surface area contributed by atoms with E-state index in [1.807, 2.05) is 24.3 Å². The van der Waals surface area contributed by atoms with Gasteiger partial charge in [0.15, 0.2) is 0 Å². The van der Waals surface area contributed by atoms with Crippen LogP contribution in [0.2, 0.25) is 0 Å². The Morgan fingerprint density at radius 3 is 2.52 bits per heavy atom. The Morgan fingerprint density at radius 1 is 1.29 bits per heavy atom. The Bertz CT molecular complexity index is 436. The number of hydrogen-bond acceptors (Lipinski definition) is 3. The molecule has 0 spiro atoms. The number of hydrogen-bond donors (Lipinski definition) is 2. The van der Waals surface area contributed by atoms with Crippen molar-refractivity contribution in [1.82, 2.24) is 5.32 Å². The highest BCUT2D eigenvalue weighted by molar-refractivity contribution is 5.85. The maximum atomic E-state index is 11.9. The number of nitrogens with two attached hydrogens (primary N) is 1. The molecule has 4 nitrogen and oxygen atoms in total. The van der Waals surface area contributed by atoms with E-state index in [0.717, 1.165) is 30.4 Å². The van der Waals surface area contributed by atoms with Gasteiger partial charge in [0.2, 0.25) is 5.91 Å². The molecule has 1 saturated carbocycles. The van der Waals surface area contributed by atoms with Crippen molar-refractivity contribution in [2.24, 2.45) is 11.7 Å². The van der Waals surface area contributed by atoms with Gasteiger partial charge in [-0.1, -0.05) is 30.7 Å². The van der Waals surface area contributed by atoms with Crippen LogP contribution in [0.25, 0.3) is 0 Å².